The molecule has 2 aliphatic rings. The molecule has 6 rings (SSSR count). The van der Waals surface area contributed by atoms with E-state index in [4.69, 9.17) is 14.5 Å². The molecular formula is C28H27N3O3. The van der Waals surface area contributed by atoms with Crippen LogP contribution in [0, 0.1) is 0 Å². The van der Waals surface area contributed by atoms with Crippen LogP contribution in [0.3, 0.4) is 0 Å². The van der Waals surface area contributed by atoms with Gasteiger partial charge in [0.1, 0.15) is 19.0 Å². The number of amides is 1. The predicted octanol–water partition coefficient (Wildman–Crippen LogP) is 4.96. The standard InChI is InChI=1S/C28H27N3O3/c32-27-17-21(19-31(27)22-12-13-25-26(18-22)34-16-15-33-25)28-29-23-10-4-5-11-24(23)30(28)14-6-9-20-7-2-1-3-8-20/h1-5,7-8,10-13,18,21H,6,9,14-17,19H2. The van der Waals surface area contributed by atoms with Crippen molar-refractivity contribution in [2.75, 3.05) is 24.7 Å². The summed E-state index contributed by atoms with van der Waals surface area (Å²) in [6.07, 6.45) is 2.49. The zero-order chi connectivity index (χ0) is 22.9. The van der Waals surface area contributed by atoms with Crippen molar-refractivity contribution in [3.63, 3.8) is 0 Å². The number of hydrogen-bond donors (Lipinski definition) is 0. The lowest BCUT2D eigenvalue weighted by molar-refractivity contribution is -0.117. The first kappa shape index (κ1) is 20.8. The molecule has 0 N–H and O–H groups in total. The van der Waals surface area contributed by atoms with E-state index in [9.17, 15) is 4.79 Å². The Morgan fingerprint density at radius 3 is 2.59 bits per heavy atom. The van der Waals surface area contributed by atoms with Crippen LogP contribution in [-0.2, 0) is 17.8 Å². The molecular weight excluding hydrogens is 426 g/mol. The molecule has 6 nitrogen and oxygen atoms in total. The van der Waals surface area contributed by atoms with Crippen LogP contribution in [0.2, 0.25) is 0 Å². The number of ether oxygens (including phenoxy) is 2. The Kier molecular flexibility index (Phi) is 5.41. The van der Waals surface area contributed by atoms with E-state index in [0.29, 0.717) is 31.9 Å². The number of anilines is 1. The van der Waals surface area contributed by atoms with Crippen molar-refractivity contribution in [3.8, 4) is 11.5 Å². The number of rotatable bonds is 6. The molecule has 3 aromatic carbocycles. The average Bonchev–Trinajstić information content (AvgIpc) is 3.45. The van der Waals surface area contributed by atoms with Gasteiger partial charge >= 0.3 is 0 Å². The first-order valence-electron chi connectivity index (χ1n) is 12.0. The summed E-state index contributed by atoms with van der Waals surface area (Å²) in [6.45, 7) is 2.57. The Balaban J connectivity index is 1.26. The maximum atomic E-state index is 13.1. The molecule has 0 bridgehead atoms. The maximum Gasteiger partial charge on any atom is 0.227 e. The molecule has 0 aliphatic carbocycles. The predicted molar refractivity (Wildman–Crippen MR) is 132 cm³/mol. The minimum Gasteiger partial charge on any atom is -0.486 e. The number of imidazole rings is 1. The maximum absolute atomic E-state index is 13.1. The van der Waals surface area contributed by atoms with Gasteiger partial charge in [-0.25, -0.2) is 4.98 Å². The van der Waals surface area contributed by atoms with Crippen LogP contribution in [0.5, 0.6) is 11.5 Å². The van der Waals surface area contributed by atoms with Gasteiger partial charge in [0.15, 0.2) is 11.5 Å². The molecule has 1 fully saturated rings. The molecule has 0 spiro atoms. The van der Waals surface area contributed by atoms with Gasteiger partial charge in [-0.3, -0.25) is 4.79 Å². The minimum atomic E-state index is 0.0461. The number of aromatic nitrogens is 2. The van der Waals surface area contributed by atoms with Crippen LogP contribution in [0.15, 0.2) is 72.8 Å². The van der Waals surface area contributed by atoms with Crippen molar-refractivity contribution in [1.82, 2.24) is 9.55 Å². The second-order valence-corrected chi connectivity index (χ2v) is 8.93. The fourth-order valence-corrected chi connectivity index (χ4v) is 5.06. The van der Waals surface area contributed by atoms with Gasteiger partial charge in [-0.1, -0.05) is 42.5 Å². The quantitative estimate of drug-likeness (QED) is 0.414. The highest BCUT2D eigenvalue weighted by Crippen LogP contribution is 2.38. The summed E-state index contributed by atoms with van der Waals surface area (Å²) >= 11 is 0. The van der Waals surface area contributed by atoms with Crippen molar-refractivity contribution in [2.45, 2.75) is 31.7 Å². The third-order valence-corrected chi connectivity index (χ3v) is 6.70. The summed E-state index contributed by atoms with van der Waals surface area (Å²) in [4.78, 5) is 19.9. The number of benzene rings is 3. The molecule has 1 unspecified atom stereocenters. The first-order valence-corrected chi connectivity index (χ1v) is 12.0. The molecule has 1 saturated heterocycles. The van der Waals surface area contributed by atoms with Gasteiger partial charge in [0, 0.05) is 37.2 Å². The minimum absolute atomic E-state index is 0.0461. The molecule has 3 heterocycles. The average molecular weight is 454 g/mol. The first-order chi connectivity index (χ1) is 16.8. The van der Waals surface area contributed by atoms with E-state index >= 15 is 0 Å². The van der Waals surface area contributed by atoms with E-state index in [1.165, 1.54) is 5.56 Å². The number of fused-ring (bicyclic) bond motifs is 2. The second-order valence-electron chi connectivity index (χ2n) is 8.93. The number of nitrogens with zero attached hydrogens (tertiary/aromatic N) is 3. The van der Waals surface area contributed by atoms with Crippen molar-refractivity contribution < 1.29 is 14.3 Å². The zero-order valence-electron chi connectivity index (χ0n) is 19.0. The molecule has 1 aromatic heterocycles. The molecule has 172 valence electrons. The Labute approximate surface area is 198 Å². The smallest absolute Gasteiger partial charge is 0.227 e. The number of aryl methyl sites for hydroxylation is 2. The van der Waals surface area contributed by atoms with E-state index in [1.54, 1.807) is 0 Å². The van der Waals surface area contributed by atoms with E-state index in [1.807, 2.05) is 29.2 Å². The molecule has 1 amide bonds. The van der Waals surface area contributed by atoms with Crippen molar-refractivity contribution in [3.05, 3.63) is 84.2 Å². The lowest BCUT2D eigenvalue weighted by atomic mass is 10.1. The van der Waals surface area contributed by atoms with Gasteiger partial charge in [0.25, 0.3) is 0 Å². The lowest BCUT2D eigenvalue weighted by Gasteiger charge is -2.22. The van der Waals surface area contributed by atoms with E-state index < -0.39 is 0 Å². The number of carbonyl (C=O) groups is 1. The zero-order valence-corrected chi connectivity index (χ0v) is 19.0. The molecule has 1 atom stereocenters. The van der Waals surface area contributed by atoms with Crippen molar-refractivity contribution in [2.24, 2.45) is 0 Å². The topological polar surface area (TPSA) is 56.6 Å². The van der Waals surface area contributed by atoms with E-state index in [0.717, 1.165) is 47.7 Å². The summed E-state index contributed by atoms with van der Waals surface area (Å²) in [7, 11) is 0. The van der Waals surface area contributed by atoms with Crippen LogP contribution < -0.4 is 14.4 Å². The van der Waals surface area contributed by atoms with Crippen molar-refractivity contribution >= 4 is 22.6 Å². The van der Waals surface area contributed by atoms with Crippen LogP contribution in [0.25, 0.3) is 11.0 Å². The van der Waals surface area contributed by atoms with Gasteiger partial charge in [-0.05, 0) is 42.7 Å². The molecule has 34 heavy (non-hydrogen) atoms. The molecule has 2 aliphatic heterocycles. The third-order valence-electron chi connectivity index (χ3n) is 6.70. The summed E-state index contributed by atoms with van der Waals surface area (Å²) in [5.74, 6) is 2.60. The monoisotopic (exact) mass is 453 g/mol. The molecule has 0 saturated carbocycles. The van der Waals surface area contributed by atoms with E-state index in [-0.39, 0.29) is 11.8 Å². The van der Waals surface area contributed by atoms with Crippen LogP contribution in [0.1, 0.15) is 30.1 Å². The normalized spacial score (nSPS) is 17.5. The Bertz CT molecular complexity index is 1330. The Morgan fingerprint density at radius 2 is 1.71 bits per heavy atom. The summed E-state index contributed by atoms with van der Waals surface area (Å²) in [5.41, 5.74) is 4.32. The Morgan fingerprint density at radius 1 is 0.912 bits per heavy atom. The Hall–Kier alpha value is -3.80. The molecule has 0 radical (unpaired) electrons. The highest BCUT2D eigenvalue weighted by molar-refractivity contribution is 5.96. The van der Waals surface area contributed by atoms with Gasteiger partial charge < -0.3 is 18.9 Å². The number of hydrogen-bond acceptors (Lipinski definition) is 4. The fourth-order valence-electron chi connectivity index (χ4n) is 5.06. The van der Waals surface area contributed by atoms with Gasteiger partial charge in [0.2, 0.25) is 5.91 Å². The van der Waals surface area contributed by atoms with Gasteiger partial charge in [-0.2, -0.15) is 0 Å². The summed E-state index contributed by atoms with van der Waals surface area (Å²) in [6, 6.07) is 24.6. The van der Waals surface area contributed by atoms with Crippen molar-refractivity contribution in [1.29, 1.82) is 0 Å². The van der Waals surface area contributed by atoms with Crippen LogP contribution >= 0.6 is 0 Å². The lowest BCUT2D eigenvalue weighted by Crippen LogP contribution is -2.25. The number of carbonyl (C=O) groups excluding carboxylic acids is 1. The largest absolute Gasteiger partial charge is 0.486 e. The van der Waals surface area contributed by atoms with E-state index in [2.05, 4.69) is 53.1 Å². The highest BCUT2D eigenvalue weighted by atomic mass is 16.6. The van der Waals surface area contributed by atoms with Gasteiger partial charge in [-0.15, -0.1) is 0 Å². The second kappa shape index (κ2) is 8.86. The molecule has 4 aromatic rings. The fraction of sp³-hybridized carbons (Fsp3) is 0.286. The number of para-hydroxylation sites is 2. The van der Waals surface area contributed by atoms with Crippen LogP contribution in [0.4, 0.5) is 5.69 Å². The van der Waals surface area contributed by atoms with Crippen LogP contribution in [-0.4, -0.2) is 35.2 Å². The summed E-state index contributed by atoms with van der Waals surface area (Å²) < 4.78 is 13.7. The molecule has 6 heteroatoms. The summed E-state index contributed by atoms with van der Waals surface area (Å²) in [5, 5.41) is 0. The van der Waals surface area contributed by atoms with Gasteiger partial charge in [0.05, 0.1) is 11.0 Å². The highest BCUT2D eigenvalue weighted by Gasteiger charge is 2.35. The third kappa shape index (κ3) is 3.89. The SMILES string of the molecule is O=C1CC(c2nc3ccccc3n2CCCc2ccccc2)CN1c1ccc2c(c1)OCCO2.